The zero-order chi connectivity index (χ0) is 20.5. The lowest BCUT2D eigenvalue weighted by molar-refractivity contribution is 0.987. The van der Waals surface area contributed by atoms with Crippen LogP contribution in [-0.4, -0.2) is 14.6 Å². The standard InChI is InChI=1S/C23H16ClN5S/c1-15-7-5-6-10-19(15)26-27-22-20(16-8-3-2-4-9-16)29-23(30-22)25-21(28-29)17-11-13-18(24)14-12-17/h2-14H,1H3. The minimum atomic E-state index is 0.650. The second-order valence-corrected chi connectivity index (χ2v) is 8.14. The van der Waals surface area contributed by atoms with E-state index in [4.69, 9.17) is 21.7 Å². The average Bonchev–Trinajstić information content (AvgIpc) is 3.32. The fraction of sp³-hybridized carbons (Fsp3) is 0.0435. The van der Waals surface area contributed by atoms with Gasteiger partial charge in [0, 0.05) is 16.1 Å². The maximum absolute atomic E-state index is 6.01. The molecule has 0 N–H and O–H groups in total. The molecule has 2 heterocycles. The largest absolute Gasteiger partial charge is 0.215 e. The van der Waals surface area contributed by atoms with Crippen LogP contribution in [0, 0.1) is 6.92 Å². The van der Waals surface area contributed by atoms with E-state index in [-0.39, 0.29) is 0 Å². The molecular weight excluding hydrogens is 414 g/mol. The highest BCUT2D eigenvalue weighted by Crippen LogP contribution is 2.39. The molecule has 0 aliphatic heterocycles. The van der Waals surface area contributed by atoms with Crippen LogP contribution >= 0.6 is 22.9 Å². The van der Waals surface area contributed by atoms with Gasteiger partial charge in [0.25, 0.3) is 0 Å². The van der Waals surface area contributed by atoms with Gasteiger partial charge in [-0.25, -0.2) is 4.52 Å². The van der Waals surface area contributed by atoms with Crippen LogP contribution in [0.1, 0.15) is 5.56 Å². The Kier molecular flexibility index (Phi) is 4.86. The van der Waals surface area contributed by atoms with Crippen LogP contribution in [0.5, 0.6) is 0 Å². The van der Waals surface area contributed by atoms with Gasteiger partial charge in [-0.3, -0.25) is 0 Å². The number of fused-ring (bicyclic) bond motifs is 1. The molecule has 5 aromatic rings. The first-order chi connectivity index (χ1) is 14.7. The lowest BCUT2D eigenvalue weighted by atomic mass is 10.2. The third kappa shape index (κ3) is 3.51. The van der Waals surface area contributed by atoms with Crippen molar-refractivity contribution in [1.82, 2.24) is 14.6 Å². The van der Waals surface area contributed by atoms with Gasteiger partial charge in [-0.15, -0.1) is 15.3 Å². The van der Waals surface area contributed by atoms with E-state index in [1.165, 1.54) is 11.3 Å². The van der Waals surface area contributed by atoms with Crippen LogP contribution in [0.25, 0.3) is 27.6 Å². The van der Waals surface area contributed by atoms with Crippen molar-refractivity contribution in [2.75, 3.05) is 0 Å². The van der Waals surface area contributed by atoms with Crippen molar-refractivity contribution < 1.29 is 0 Å². The molecule has 5 nitrogen and oxygen atoms in total. The SMILES string of the molecule is Cc1ccccc1N=Nc1sc2nc(-c3ccc(Cl)cc3)nn2c1-c1ccccc1. The molecule has 0 spiro atoms. The minimum Gasteiger partial charge on any atom is -0.200 e. The molecule has 7 heteroatoms. The fourth-order valence-corrected chi connectivity index (χ4v) is 4.17. The number of aromatic nitrogens is 3. The summed E-state index contributed by atoms with van der Waals surface area (Å²) in [7, 11) is 0. The zero-order valence-corrected chi connectivity index (χ0v) is 17.6. The van der Waals surface area contributed by atoms with Gasteiger partial charge in [0.1, 0.15) is 5.69 Å². The van der Waals surface area contributed by atoms with Crippen molar-refractivity contribution in [3.8, 4) is 22.6 Å². The molecule has 0 bridgehead atoms. The van der Waals surface area contributed by atoms with Gasteiger partial charge in [-0.05, 0) is 42.8 Å². The molecule has 0 atom stereocenters. The van der Waals surface area contributed by atoms with Gasteiger partial charge in [0.15, 0.2) is 10.8 Å². The number of halogens is 1. The number of nitrogens with zero attached hydrogens (tertiary/aromatic N) is 5. The van der Waals surface area contributed by atoms with Crippen LogP contribution in [0.15, 0.2) is 89.1 Å². The van der Waals surface area contributed by atoms with Crippen molar-refractivity contribution in [3.05, 3.63) is 89.4 Å². The minimum absolute atomic E-state index is 0.650. The maximum Gasteiger partial charge on any atom is 0.215 e. The molecule has 0 aliphatic rings. The Morgan fingerprint density at radius 2 is 1.57 bits per heavy atom. The Hall–Kier alpha value is -3.35. The van der Waals surface area contributed by atoms with E-state index in [1.54, 1.807) is 0 Å². The van der Waals surface area contributed by atoms with Gasteiger partial charge < -0.3 is 0 Å². The molecule has 0 saturated heterocycles. The second kappa shape index (κ2) is 7.82. The quantitative estimate of drug-likeness (QED) is 0.277. The molecule has 0 unspecified atom stereocenters. The molecule has 3 aromatic carbocycles. The summed E-state index contributed by atoms with van der Waals surface area (Å²) in [6.07, 6.45) is 0. The molecule has 0 fully saturated rings. The Labute approximate surface area is 182 Å². The molecule has 2 aromatic heterocycles. The first-order valence-corrected chi connectivity index (χ1v) is 10.6. The van der Waals surface area contributed by atoms with E-state index < -0.39 is 0 Å². The van der Waals surface area contributed by atoms with Crippen LogP contribution in [0.3, 0.4) is 0 Å². The lowest BCUT2D eigenvalue weighted by Crippen LogP contribution is -1.89. The van der Waals surface area contributed by atoms with E-state index >= 15 is 0 Å². The third-order valence-corrected chi connectivity index (χ3v) is 5.86. The predicted molar refractivity (Wildman–Crippen MR) is 122 cm³/mol. The van der Waals surface area contributed by atoms with Crippen LogP contribution in [0.2, 0.25) is 5.02 Å². The summed E-state index contributed by atoms with van der Waals surface area (Å²) in [5, 5.41) is 15.2. The van der Waals surface area contributed by atoms with Gasteiger partial charge in [0.05, 0.1) is 5.69 Å². The molecule has 146 valence electrons. The molecule has 5 rings (SSSR count). The number of rotatable bonds is 4. The average molecular weight is 430 g/mol. The maximum atomic E-state index is 6.01. The molecule has 0 amide bonds. The van der Waals surface area contributed by atoms with E-state index in [9.17, 15) is 0 Å². The summed E-state index contributed by atoms with van der Waals surface area (Å²) in [5.74, 6) is 0.650. The zero-order valence-electron chi connectivity index (χ0n) is 16.0. The molecular formula is C23H16ClN5S. The molecule has 0 aliphatic carbocycles. The van der Waals surface area contributed by atoms with E-state index in [0.29, 0.717) is 10.8 Å². The summed E-state index contributed by atoms with van der Waals surface area (Å²) in [5.41, 5.74) is 4.72. The van der Waals surface area contributed by atoms with Crippen LogP contribution < -0.4 is 0 Å². The lowest BCUT2D eigenvalue weighted by Gasteiger charge is -2.01. The summed E-state index contributed by atoms with van der Waals surface area (Å²) in [6, 6.07) is 25.5. The summed E-state index contributed by atoms with van der Waals surface area (Å²) >= 11 is 7.48. The Morgan fingerprint density at radius 1 is 0.833 bits per heavy atom. The highest BCUT2D eigenvalue weighted by Gasteiger charge is 2.19. The Balaban J connectivity index is 1.64. The predicted octanol–water partition coefficient (Wildman–Crippen LogP) is 7.50. The Bertz CT molecular complexity index is 1350. The topological polar surface area (TPSA) is 54.9 Å². The number of aryl methyl sites for hydroxylation is 1. The molecule has 0 radical (unpaired) electrons. The fourth-order valence-electron chi connectivity index (χ4n) is 3.14. The summed E-state index contributed by atoms with van der Waals surface area (Å²) < 4.78 is 1.84. The number of azo groups is 1. The monoisotopic (exact) mass is 429 g/mol. The van der Waals surface area contributed by atoms with E-state index in [1.807, 2.05) is 90.3 Å². The van der Waals surface area contributed by atoms with Crippen molar-refractivity contribution in [1.29, 1.82) is 0 Å². The van der Waals surface area contributed by atoms with Crippen molar-refractivity contribution >= 4 is 38.6 Å². The van der Waals surface area contributed by atoms with E-state index in [0.717, 1.165) is 38.0 Å². The normalized spacial score (nSPS) is 11.5. The number of benzene rings is 3. The number of thiazole rings is 1. The van der Waals surface area contributed by atoms with Gasteiger partial charge in [0.2, 0.25) is 4.96 Å². The van der Waals surface area contributed by atoms with Crippen LogP contribution in [-0.2, 0) is 0 Å². The van der Waals surface area contributed by atoms with E-state index in [2.05, 4.69) is 10.2 Å². The smallest absolute Gasteiger partial charge is 0.200 e. The number of hydrogen-bond donors (Lipinski definition) is 0. The Morgan fingerprint density at radius 3 is 2.33 bits per heavy atom. The van der Waals surface area contributed by atoms with Gasteiger partial charge >= 0.3 is 0 Å². The first kappa shape index (κ1) is 18.7. The first-order valence-electron chi connectivity index (χ1n) is 9.37. The summed E-state index contributed by atoms with van der Waals surface area (Å²) in [4.78, 5) is 5.48. The van der Waals surface area contributed by atoms with Gasteiger partial charge in [-0.2, -0.15) is 4.98 Å². The highest BCUT2D eigenvalue weighted by atomic mass is 35.5. The third-order valence-electron chi connectivity index (χ3n) is 4.69. The van der Waals surface area contributed by atoms with Crippen molar-refractivity contribution in [2.24, 2.45) is 10.2 Å². The molecule has 0 saturated carbocycles. The van der Waals surface area contributed by atoms with Crippen molar-refractivity contribution in [2.45, 2.75) is 6.92 Å². The second-order valence-electron chi connectivity index (χ2n) is 6.75. The van der Waals surface area contributed by atoms with Crippen LogP contribution in [0.4, 0.5) is 10.7 Å². The highest BCUT2D eigenvalue weighted by molar-refractivity contribution is 7.21. The molecule has 30 heavy (non-hydrogen) atoms. The summed E-state index contributed by atoms with van der Waals surface area (Å²) in [6.45, 7) is 2.02. The van der Waals surface area contributed by atoms with Crippen molar-refractivity contribution in [3.63, 3.8) is 0 Å². The van der Waals surface area contributed by atoms with Gasteiger partial charge in [-0.1, -0.05) is 71.5 Å². The number of hydrogen-bond acceptors (Lipinski definition) is 5.